The van der Waals surface area contributed by atoms with Gasteiger partial charge in [-0.25, -0.2) is 4.98 Å². The van der Waals surface area contributed by atoms with Gasteiger partial charge in [-0.2, -0.15) is 0 Å². The molecule has 1 N–H and O–H groups in total. The Morgan fingerprint density at radius 2 is 2.23 bits per heavy atom. The molecule has 0 aliphatic heterocycles. The van der Waals surface area contributed by atoms with Gasteiger partial charge in [0.2, 0.25) is 0 Å². The van der Waals surface area contributed by atoms with Gasteiger partial charge in [-0.1, -0.05) is 22.9 Å². The van der Waals surface area contributed by atoms with Gasteiger partial charge in [-0.3, -0.25) is 10.1 Å². The van der Waals surface area contributed by atoms with Gasteiger partial charge in [0.25, 0.3) is 5.91 Å². The van der Waals surface area contributed by atoms with Crippen molar-refractivity contribution in [1.29, 1.82) is 0 Å². The van der Waals surface area contributed by atoms with Crippen LogP contribution in [0.3, 0.4) is 0 Å². The molecule has 1 atom stereocenters. The Morgan fingerprint density at radius 3 is 3.00 bits per heavy atom. The van der Waals surface area contributed by atoms with E-state index in [0.717, 1.165) is 23.0 Å². The maximum absolute atomic E-state index is 12.0. The molecule has 0 fully saturated rings. The molecule has 0 saturated carbocycles. The van der Waals surface area contributed by atoms with Crippen LogP contribution in [-0.4, -0.2) is 17.5 Å². The molecule has 3 rings (SSSR count). The van der Waals surface area contributed by atoms with Crippen LogP contribution in [0.25, 0.3) is 0 Å². The highest BCUT2D eigenvalue weighted by Crippen LogP contribution is 2.32. The van der Waals surface area contributed by atoms with E-state index in [1.54, 1.807) is 11.3 Å². The molecule has 1 aliphatic carbocycles. The second-order valence-corrected chi connectivity index (χ2v) is 7.53. The number of carbonyl (C=O) groups is 1. The third-order valence-corrected chi connectivity index (χ3v) is 5.18. The van der Waals surface area contributed by atoms with Crippen LogP contribution in [0.15, 0.2) is 28.7 Å². The van der Waals surface area contributed by atoms with Crippen LogP contribution >= 0.6 is 27.3 Å². The summed E-state index contributed by atoms with van der Waals surface area (Å²) in [5, 5.41) is 3.51. The topological polar surface area (TPSA) is 51.2 Å². The number of carbonyl (C=O) groups excluding carboxylic acids is 1. The lowest BCUT2D eigenvalue weighted by Gasteiger charge is -2.15. The molecule has 1 aromatic heterocycles. The van der Waals surface area contributed by atoms with Crippen LogP contribution < -0.4 is 10.1 Å². The van der Waals surface area contributed by atoms with Crippen LogP contribution in [-0.2, 0) is 17.6 Å². The van der Waals surface area contributed by atoms with Crippen LogP contribution in [0.4, 0.5) is 5.13 Å². The minimum Gasteiger partial charge on any atom is -0.484 e. The molecular formula is C16H17BrN2O2S. The average molecular weight is 381 g/mol. The van der Waals surface area contributed by atoms with E-state index in [0.29, 0.717) is 16.8 Å². The van der Waals surface area contributed by atoms with Gasteiger partial charge >= 0.3 is 0 Å². The monoisotopic (exact) mass is 380 g/mol. The quantitative estimate of drug-likeness (QED) is 0.870. The lowest BCUT2D eigenvalue weighted by atomic mass is 9.93. The van der Waals surface area contributed by atoms with Gasteiger partial charge in [-0.05, 0) is 49.4 Å². The zero-order chi connectivity index (χ0) is 15.5. The normalized spacial score (nSPS) is 16.9. The number of hydrogen-bond acceptors (Lipinski definition) is 4. The maximum atomic E-state index is 12.0. The first-order chi connectivity index (χ1) is 10.6. The second kappa shape index (κ2) is 6.79. The molecule has 0 unspecified atom stereocenters. The van der Waals surface area contributed by atoms with Crippen molar-refractivity contribution in [2.24, 2.45) is 5.92 Å². The molecule has 1 aliphatic rings. The Kier molecular flexibility index (Phi) is 4.78. The molecule has 116 valence electrons. The summed E-state index contributed by atoms with van der Waals surface area (Å²) < 4.78 is 6.44. The van der Waals surface area contributed by atoms with E-state index in [-0.39, 0.29) is 12.5 Å². The minimum absolute atomic E-state index is 0.0116. The summed E-state index contributed by atoms with van der Waals surface area (Å²) in [7, 11) is 0. The number of fused-ring (bicyclic) bond motifs is 1. The van der Waals surface area contributed by atoms with Gasteiger partial charge in [-0.15, -0.1) is 11.3 Å². The van der Waals surface area contributed by atoms with Crippen molar-refractivity contribution in [3.05, 3.63) is 39.3 Å². The van der Waals surface area contributed by atoms with Gasteiger partial charge in [0.1, 0.15) is 5.75 Å². The number of halogens is 1. The standard InChI is InChI=1S/C16H17BrN2O2S/c1-10-2-7-13-14(8-10)22-16(18-13)19-15(20)9-21-12-5-3-11(17)4-6-12/h3-6,10H,2,7-9H2,1H3,(H,18,19,20)/t10-/m0/s1. The molecule has 4 nitrogen and oxygen atoms in total. The Morgan fingerprint density at radius 1 is 1.45 bits per heavy atom. The van der Waals surface area contributed by atoms with Crippen LogP contribution in [0.2, 0.25) is 0 Å². The summed E-state index contributed by atoms with van der Waals surface area (Å²) in [6.45, 7) is 2.25. The molecule has 6 heteroatoms. The third kappa shape index (κ3) is 3.87. The summed E-state index contributed by atoms with van der Waals surface area (Å²) in [4.78, 5) is 17.8. The first kappa shape index (κ1) is 15.5. The van der Waals surface area contributed by atoms with Crippen LogP contribution in [0, 0.1) is 5.92 Å². The van der Waals surface area contributed by atoms with Gasteiger partial charge in [0.05, 0.1) is 5.69 Å². The highest BCUT2D eigenvalue weighted by atomic mass is 79.9. The summed E-state index contributed by atoms with van der Waals surface area (Å²) in [5.41, 5.74) is 1.15. The second-order valence-electron chi connectivity index (χ2n) is 5.53. The predicted octanol–water partition coefficient (Wildman–Crippen LogP) is 4.05. The zero-order valence-corrected chi connectivity index (χ0v) is 14.7. The highest BCUT2D eigenvalue weighted by Gasteiger charge is 2.20. The number of ether oxygens (including phenoxy) is 1. The number of nitrogens with one attached hydrogen (secondary N) is 1. The molecule has 1 amide bonds. The summed E-state index contributed by atoms with van der Waals surface area (Å²) >= 11 is 4.95. The smallest absolute Gasteiger partial charge is 0.264 e. The fourth-order valence-electron chi connectivity index (χ4n) is 2.43. The van der Waals surface area contributed by atoms with Crippen LogP contribution in [0.1, 0.15) is 23.9 Å². The van der Waals surface area contributed by atoms with Gasteiger partial charge < -0.3 is 4.74 Å². The molecule has 0 saturated heterocycles. The largest absolute Gasteiger partial charge is 0.484 e. The molecule has 2 aromatic rings. The van der Waals surface area contributed by atoms with Crippen molar-refractivity contribution in [3.8, 4) is 5.75 Å². The molecule has 0 spiro atoms. The molecule has 0 bridgehead atoms. The number of thiazole rings is 1. The molecule has 1 aromatic carbocycles. The summed E-state index contributed by atoms with van der Waals surface area (Å²) in [6.07, 6.45) is 3.26. The van der Waals surface area contributed by atoms with E-state index in [2.05, 4.69) is 33.2 Å². The van der Waals surface area contributed by atoms with Gasteiger partial charge in [0.15, 0.2) is 11.7 Å². The lowest BCUT2D eigenvalue weighted by Crippen LogP contribution is -2.20. The van der Waals surface area contributed by atoms with Crippen LogP contribution in [0.5, 0.6) is 5.75 Å². The van der Waals surface area contributed by atoms with E-state index in [1.807, 2.05) is 24.3 Å². The van der Waals surface area contributed by atoms with Crippen molar-refractivity contribution < 1.29 is 9.53 Å². The minimum atomic E-state index is -0.179. The lowest BCUT2D eigenvalue weighted by molar-refractivity contribution is -0.118. The Labute approximate surface area is 142 Å². The third-order valence-electron chi connectivity index (χ3n) is 3.62. The number of amides is 1. The Hall–Kier alpha value is -1.40. The number of anilines is 1. The molecular weight excluding hydrogens is 364 g/mol. The van der Waals surface area contributed by atoms with Crippen molar-refractivity contribution in [2.45, 2.75) is 26.2 Å². The van der Waals surface area contributed by atoms with E-state index in [1.165, 1.54) is 11.3 Å². The number of aryl methyl sites for hydroxylation is 1. The SMILES string of the molecule is C[C@H]1CCc2nc(NC(=O)COc3ccc(Br)cc3)sc2C1. The molecule has 22 heavy (non-hydrogen) atoms. The number of aromatic nitrogens is 1. The first-order valence-corrected chi connectivity index (χ1v) is 8.88. The van der Waals surface area contributed by atoms with Gasteiger partial charge in [0, 0.05) is 9.35 Å². The average Bonchev–Trinajstić information content (AvgIpc) is 2.88. The molecule has 0 radical (unpaired) electrons. The van der Waals surface area contributed by atoms with Crippen molar-refractivity contribution in [2.75, 3.05) is 11.9 Å². The van der Waals surface area contributed by atoms with E-state index < -0.39 is 0 Å². The number of nitrogens with zero attached hydrogens (tertiary/aromatic N) is 1. The fourth-order valence-corrected chi connectivity index (χ4v) is 3.88. The molecule has 1 heterocycles. The first-order valence-electron chi connectivity index (χ1n) is 7.27. The van der Waals surface area contributed by atoms with Crippen molar-refractivity contribution >= 4 is 38.3 Å². The van der Waals surface area contributed by atoms with E-state index in [4.69, 9.17) is 4.74 Å². The number of hydrogen-bond donors (Lipinski definition) is 1. The number of rotatable bonds is 4. The Bertz CT molecular complexity index is 669. The van der Waals surface area contributed by atoms with Crippen molar-refractivity contribution in [1.82, 2.24) is 4.98 Å². The highest BCUT2D eigenvalue weighted by molar-refractivity contribution is 9.10. The van der Waals surface area contributed by atoms with Crippen molar-refractivity contribution in [3.63, 3.8) is 0 Å². The maximum Gasteiger partial charge on any atom is 0.264 e. The van der Waals surface area contributed by atoms with E-state index >= 15 is 0 Å². The predicted molar refractivity (Wildman–Crippen MR) is 91.6 cm³/mol. The summed E-state index contributed by atoms with van der Waals surface area (Å²) in [6, 6.07) is 7.40. The number of benzene rings is 1. The zero-order valence-electron chi connectivity index (χ0n) is 12.3. The fraction of sp³-hybridized carbons (Fsp3) is 0.375. The summed E-state index contributed by atoms with van der Waals surface area (Å²) in [5.74, 6) is 1.20. The Balaban J connectivity index is 1.54. The van der Waals surface area contributed by atoms with E-state index in [9.17, 15) is 4.79 Å².